The molecule has 42 heavy (non-hydrogen) atoms. The number of halogens is 3. The van der Waals surface area contributed by atoms with Gasteiger partial charge in [-0.2, -0.15) is 18.3 Å². The molecule has 0 bridgehead atoms. The molecule has 6 rings (SSSR count). The molecule has 1 saturated carbocycles. The number of hydrogen-bond acceptors (Lipinski definition) is 4. The van der Waals surface area contributed by atoms with Gasteiger partial charge in [0.05, 0.1) is 35.1 Å². The highest BCUT2D eigenvalue weighted by Crippen LogP contribution is 2.45. The molecule has 3 aliphatic heterocycles. The van der Waals surface area contributed by atoms with Gasteiger partial charge in [-0.3, -0.25) is 19.1 Å². The summed E-state index contributed by atoms with van der Waals surface area (Å²) in [5.74, 6) is 0.142. The Morgan fingerprint density at radius 1 is 0.857 bits per heavy atom. The summed E-state index contributed by atoms with van der Waals surface area (Å²) in [6, 6.07) is 5.01. The lowest BCUT2D eigenvalue weighted by Gasteiger charge is -2.37. The molecule has 4 fully saturated rings. The number of aromatic nitrogens is 2. The Balaban J connectivity index is 1.16. The summed E-state index contributed by atoms with van der Waals surface area (Å²) < 4.78 is 43.4. The molecule has 1 atom stereocenters. The molecule has 4 aliphatic rings. The summed E-state index contributed by atoms with van der Waals surface area (Å²) in [6.07, 6.45) is 3.05. The van der Waals surface area contributed by atoms with E-state index in [1.165, 1.54) is 12.1 Å². The van der Waals surface area contributed by atoms with Gasteiger partial charge in [0.1, 0.15) is 0 Å². The molecule has 1 unspecified atom stereocenters. The first kappa shape index (κ1) is 28.7. The fourth-order valence-corrected chi connectivity index (χ4v) is 7.16. The van der Waals surface area contributed by atoms with Gasteiger partial charge in [0.25, 0.3) is 5.91 Å². The molecule has 226 valence electrons. The molecular formula is C31H38F3N5O3. The van der Waals surface area contributed by atoms with Crippen molar-refractivity contribution in [2.24, 2.45) is 5.92 Å². The van der Waals surface area contributed by atoms with Crippen LogP contribution in [0.15, 0.2) is 30.5 Å². The summed E-state index contributed by atoms with van der Waals surface area (Å²) in [5, 5.41) is 4.68. The maximum absolute atomic E-state index is 13.9. The van der Waals surface area contributed by atoms with Crippen LogP contribution in [0.4, 0.5) is 13.2 Å². The first-order valence-corrected chi connectivity index (χ1v) is 15.2. The summed E-state index contributed by atoms with van der Waals surface area (Å²) in [5.41, 5.74) is 0.875. The number of likely N-dealkylation sites (tertiary alicyclic amines) is 3. The van der Waals surface area contributed by atoms with Crippen LogP contribution in [-0.2, 0) is 15.8 Å². The number of amides is 3. The van der Waals surface area contributed by atoms with Gasteiger partial charge in [-0.05, 0) is 63.0 Å². The molecule has 0 radical (unpaired) electrons. The van der Waals surface area contributed by atoms with Crippen LogP contribution in [0, 0.1) is 5.92 Å². The molecule has 0 N–H and O–H groups in total. The Hall–Kier alpha value is -3.37. The van der Waals surface area contributed by atoms with Gasteiger partial charge >= 0.3 is 6.18 Å². The quantitative estimate of drug-likeness (QED) is 0.485. The number of rotatable bonds is 5. The van der Waals surface area contributed by atoms with Gasteiger partial charge < -0.3 is 14.7 Å². The Morgan fingerprint density at radius 2 is 1.52 bits per heavy atom. The van der Waals surface area contributed by atoms with Crippen LogP contribution in [-0.4, -0.2) is 74.9 Å². The SMILES string of the molecule is CC(=O)N1CCC(C(=O)N2CCC(n3ncc(C(=O)N4CCCC4c4ccccc4C(F)(F)F)c3C3CC3)CC2)CC1. The fourth-order valence-electron chi connectivity index (χ4n) is 7.16. The summed E-state index contributed by atoms with van der Waals surface area (Å²) in [6.45, 7) is 4.45. The van der Waals surface area contributed by atoms with Crippen molar-refractivity contribution in [3.63, 3.8) is 0 Å². The highest BCUT2D eigenvalue weighted by atomic mass is 19.4. The van der Waals surface area contributed by atoms with Crippen LogP contribution in [0.1, 0.15) is 103 Å². The highest BCUT2D eigenvalue weighted by Gasteiger charge is 2.42. The van der Waals surface area contributed by atoms with E-state index in [2.05, 4.69) is 5.10 Å². The molecule has 4 heterocycles. The van der Waals surface area contributed by atoms with Crippen molar-refractivity contribution in [3.8, 4) is 0 Å². The van der Waals surface area contributed by atoms with Crippen molar-refractivity contribution >= 4 is 17.7 Å². The molecule has 8 nitrogen and oxygen atoms in total. The standard InChI is InChI=1S/C31H38F3N5O3/c1-20(40)36-15-10-22(11-16-36)29(41)37-17-12-23(13-18-37)39-28(21-8-9-21)25(19-35-39)30(42)38-14-4-7-27(38)24-5-2-3-6-26(24)31(32,33)34/h2-3,5-6,19,21-23,27H,4,7-18H2,1H3. The maximum atomic E-state index is 13.9. The minimum atomic E-state index is -4.49. The third kappa shape index (κ3) is 5.54. The number of carbonyl (C=O) groups is 3. The lowest BCUT2D eigenvalue weighted by Crippen LogP contribution is -2.46. The van der Waals surface area contributed by atoms with Gasteiger partial charge in [-0.1, -0.05) is 18.2 Å². The third-order valence-corrected chi connectivity index (χ3v) is 9.58. The Kier molecular flexibility index (Phi) is 7.78. The van der Waals surface area contributed by atoms with Gasteiger partial charge in [-0.15, -0.1) is 0 Å². The van der Waals surface area contributed by atoms with Gasteiger partial charge in [-0.25, -0.2) is 0 Å². The second-order valence-corrected chi connectivity index (χ2v) is 12.2. The minimum Gasteiger partial charge on any atom is -0.343 e. The molecule has 1 aromatic carbocycles. The number of carbonyl (C=O) groups excluding carboxylic acids is 3. The monoisotopic (exact) mass is 585 g/mol. The van der Waals surface area contributed by atoms with Crippen molar-refractivity contribution in [1.82, 2.24) is 24.5 Å². The molecule has 3 saturated heterocycles. The minimum absolute atomic E-state index is 0.0519. The van der Waals surface area contributed by atoms with E-state index >= 15 is 0 Å². The van der Waals surface area contributed by atoms with E-state index in [-0.39, 0.29) is 41.2 Å². The molecule has 1 aromatic heterocycles. The fraction of sp³-hybridized carbons (Fsp3) is 0.613. The van der Waals surface area contributed by atoms with E-state index < -0.39 is 17.8 Å². The molecule has 3 amide bonds. The predicted octanol–water partition coefficient (Wildman–Crippen LogP) is 5.18. The van der Waals surface area contributed by atoms with Crippen molar-refractivity contribution in [2.75, 3.05) is 32.7 Å². The lowest BCUT2D eigenvalue weighted by molar-refractivity contribution is -0.141. The number of hydrogen-bond donors (Lipinski definition) is 0. The maximum Gasteiger partial charge on any atom is 0.416 e. The molecule has 11 heteroatoms. The number of benzene rings is 1. The van der Waals surface area contributed by atoms with Crippen LogP contribution in [0.2, 0.25) is 0 Å². The van der Waals surface area contributed by atoms with E-state index in [1.807, 2.05) is 9.58 Å². The summed E-state index contributed by atoms with van der Waals surface area (Å²) >= 11 is 0. The number of alkyl halides is 3. The van der Waals surface area contributed by atoms with E-state index in [0.29, 0.717) is 64.0 Å². The first-order valence-electron chi connectivity index (χ1n) is 15.2. The molecule has 0 spiro atoms. The first-order chi connectivity index (χ1) is 20.1. The zero-order chi connectivity index (χ0) is 29.6. The van der Waals surface area contributed by atoms with Crippen molar-refractivity contribution in [3.05, 3.63) is 52.8 Å². The van der Waals surface area contributed by atoms with Crippen molar-refractivity contribution in [2.45, 2.75) is 82.5 Å². The zero-order valence-corrected chi connectivity index (χ0v) is 24.0. The van der Waals surface area contributed by atoms with Gasteiger partial charge in [0.15, 0.2) is 0 Å². The van der Waals surface area contributed by atoms with Crippen LogP contribution in [0.25, 0.3) is 0 Å². The summed E-state index contributed by atoms with van der Waals surface area (Å²) in [4.78, 5) is 44.1. The van der Waals surface area contributed by atoms with E-state index in [0.717, 1.165) is 37.4 Å². The normalized spacial score (nSPS) is 22.6. The summed E-state index contributed by atoms with van der Waals surface area (Å²) in [7, 11) is 0. The topological polar surface area (TPSA) is 78.8 Å². The number of piperidine rings is 2. The second kappa shape index (κ2) is 11.4. The van der Waals surface area contributed by atoms with Crippen LogP contribution in [0.5, 0.6) is 0 Å². The van der Waals surface area contributed by atoms with Crippen LogP contribution >= 0.6 is 0 Å². The lowest BCUT2D eigenvalue weighted by atomic mass is 9.93. The Labute approximate surface area is 243 Å². The zero-order valence-electron chi connectivity index (χ0n) is 24.0. The number of nitrogens with zero attached hydrogens (tertiary/aromatic N) is 5. The average molecular weight is 586 g/mol. The molecule has 1 aliphatic carbocycles. The van der Waals surface area contributed by atoms with E-state index in [4.69, 9.17) is 0 Å². The smallest absolute Gasteiger partial charge is 0.343 e. The Morgan fingerprint density at radius 3 is 2.17 bits per heavy atom. The predicted molar refractivity (Wildman–Crippen MR) is 148 cm³/mol. The van der Waals surface area contributed by atoms with Crippen molar-refractivity contribution < 1.29 is 27.6 Å². The second-order valence-electron chi connectivity index (χ2n) is 12.2. The van der Waals surface area contributed by atoms with Gasteiger partial charge in [0.2, 0.25) is 11.8 Å². The van der Waals surface area contributed by atoms with Gasteiger partial charge in [0, 0.05) is 51.5 Å². The largest absolute Gasteiger partial charge is 0.416 e. The Bertz CT molecular complexity index is 1340. The van der Waals surface area contributed by atoms with Crippen molar-refractivity contribution in [1.29, 1.82) is 0 Å². The van der Waals surface area contributed by atoms with E-state index in [1.54, 1.807) is 29.0 Å². The van der Waals surface area contributed by atoms with Crippen LogP contribution in [0.3, 0.4) is 0 Å². The third-order valence-electron chi connectivity index (χ3n) is 9.58. The molecule has 2 aromatic rings. The highest BCUT2D eigenvalue weighted by molar-refractivity contribution is 5.96. The van der Waals surface area contributed by atoms with Crippen LogP contribution < -0.4 is 0 Å². The average Bonchev–Trinajstić information content (AvgIpc) is 3.53. The molecular weight excluding hydrogens is 547 g/mol. The van der Waals surface area contributed by atoms with E-state index in [9.17, 15) is 27.6 Å².